The first-order valence-corrected chi connectivity index (χ1v) is 7.72. The number of rotatable bonds is 5. The number of nitrogens with one attached hydrogen (secondary N) is 1. The zero-order valence-electron chi connectivity index (χ0n) is 12.1. The van der Waals surface area contributed by atoms with Crippen molar-refractivity contribution in [1.82, 2.24) is 4.98 Å². The van der Waals surface area contributed by atoms with Gasteiger partial charge in [-0.1, -0.05) is 30.3 Å². The van der Waals surface area contributed by atoms with Gasteiger partial charge in [0.2, 0.25) is 5.13 Å². The minimum Gasteiger partial charge on any atom is -0.457 e. The largest absolute Gasteiger partial charge is 0.457 e. The summed E-state index contributed by atoms with van der Waals surface area (Å²) in [4.78, 5) is 4.28. The molecule has 0 radical (unpaired) electrons. The molecule has 2 aromatic carbocycles. The maximum absolute atomic E-state index is 5.79. The molecule has 3 rings (SSSR count). The van der Waals surface area contributed by atoms with Crippen molar-refractivity contribution in [3.8, 4) is 11.5 Å². The maximum atomic E-state index is 5.79. The number of anilines is 1. The molecular weight excluding hydrogens is 294 g/mol. The third-order valence-electron chi connectivity index (χ3n) is 2.83. The Kier molecular flexibility index (Phi) is 4.46. The predicted octanol–water partition coefficient (Wildman–Crippen LogP) is 4.69. The number of thiazole rings is 1. The molecule has 22 heavy (non-hydrogen) atoms. The highest BCUT2D eigenvalue weighted by Crippen LogP contribution is 2.21. The van der Waals surface area contributed by atoms with E-state index in [0.29, 0.717) is 0 Å². The van der Waals surface area contributed by atoms with Crippen LogP contribution in [0.4, 0.5) is 5.13 Å². The third-order valence-corrected chi connectivity index (χ3v) is 3.69. The zero-order valence-corrected chi connectivity index (χ0v) is 12.9. The van der Waals surface area contributed by atoms with E-state index in [0.717, 1.165) is 27.9 Å². The molecule has 0 aliphatic carbocycles. The quantitative estimate of drug-likeness (QED) is 0.549. The van der Waals surface area contributed by atoms with E-state index in [4.69, 9.17) is 4.74 Å². The first kappa shape index (κ1) is 14.3. The van der Waals surface area contributed by atoms with Crippen molar-refractivity contribution in [2.75, 3.05) is 5.43 Å². The van der Waals surface area contributed by atoms with Crippen LogP contribution in [0.5, 0.6) is 11.5 Å². The number of hydrogen-bond donors (Lipinski definition) is 1. The molecule has 5 heteroatoms. The van der Waals surface area contributed by atoms with E-state index >= 15 is 0 Å². The molecule has 0 saturated carbocycles. The van der Waals surface area contributed by atoms with E-state index in [1.54, 1.807) is 6.21 Å². The molecule has 0 fully saturated rings. The highest BCUT2D eigenvalue weighted by Gasteiger charge is 1.98. The fraction of sp³-hybridized carbons (Fsp3) is 0.0588. The molecule has 4 nitrogen and oxygen atoms in total. The lowest BCUT2D eigenvalue weighted by Gasteiger charge is -2.05. The molecule has 0 aliphatic rings. The molecule has 110 valence electrons. The number of nitrogens with zero attached hydrogens (tertiary/aromatic N) is 2. The van der Waals surface area contributed by atoms with E-state index in [2.05, 4.69) is 15.5 Å². The predicted molar refractivity (Wildman–Crippen MR) is 91.0 cm³/mol. The summed E-state index contributed by atoms with van der Waals surface area (Å²) in [6.07, 6.45) is 1.74. The van der Waals surface area contributed by atoms with Crippen LogP contribution in [-0.4, -0.2) is 11.2 Å². The number of para-hydroxylation sites is 1. The molecule has 1 N–H and O–H groups in total. The molecule has 1 heterocycles. The van der Waals surface area contributed by atoms with Gasteiger partial charge in [0.1, 0.15) is 11.5 Å². The number of hydrogen-bond acceptors (Lipinski definition) is 5. The molecule has 0 spiro atoms. The Hall–Kier alpha value is -2.66. The molecule has 0 atom stereocenters. The molecule has 0 unspecified atom stereocenters. The Morgan fingerprint density at radius 1 is 1.09 bits per heavy atom. The van der Waals surface area contributed by atoms with Gasteiger partial charge in [-0.2, -0.15) is 5.10 Å². The van der Waals surface area contributed by atoms with E-state index in [1.165, 1.54) is 11.3 Å². The van der Waals surface area contributed by atoms with Gasteiger partial charge in [0.25, 0.3) is 0 Å². The van der Waals surface area contributed by atoms with Crippen LogP contribution in [0.25, 0.3) is 0 Å². The minimum absolute atomic E-state index is 0.778. The van der Waals surface area contributed by atoms with Gasteiger partial charge in [-0.3, -0.25) is 5.43 Å². The van der Waals surface area contributed by atoms with Gasteiger partial charge in [0.15, 0.2) is 0 Å². The van der Waals surface area contributed by atoms with Crippen LogP contribution in [0.1, 0.15) is 11.3 Å². The van der Waals surface area contributed by atoms with E-state index < -0.39 is 0 Å². The fourth-order valence-corrected chi connectivity index (χ4v) is 2.49. The van der Waals surface area contributed by atoms with Gasteiger partial charge in [0.05, 0.1) is 11.9 Å². The number of aromatic nitrogens is 1. The van der Waals surface area contributed by atoms with E-state index in [9.17, 15) is 0 Å². The summed E-state index contributed by atoms with van der Waals surface area (Å²) in [5, 5.41) is 6.95. The highest BCUT2D eigenvalue weighted by molar-refractivity contribution is 7.13. The summed E-state index contributed by atoms with van der Waals surface area (Å²) in [6.45, 7) is 1.95. The first-order chi connectivity index (χ1) is 10.8. The Morgan fingerprint density at radius 2 is 1.91 bits per heavy atom. The minimum atomic E-state index is 0.778. The number of benzene rings is 2. The van der Waals surface area contributed by atoms with Crippen LogP contribution in [-0.2, 0) is 0 Å². The van der Waals surface area contributed by atoms with Gasteiger partial charge >= 0.3 is 0 Å². The second-order valence-corrected chi connectivity index (χ2v) is 5.51. The van der Waals surface area contributed by atoms with Crippen molar-refractivity contribution in [1.29, 1.82) is 0 Å². The van der Waals surface area contributed by atoms with Crippen LogP contribution < -0.4 is 10.2 Å². The molecular formula is C17H15N3OS. The number of aryl methyl sites for hydroxylation is 1. The number of hydrazone groups is 1. The third kappa shape index (κ3) is 3.93. The lowest BCUT2D eigenvalue weighted by molar-refractivity contribution is 0.482. The van der Waals surface area contributed by atoms with Gasteiger partial charge in [-0.15, -0.1) is 11.3 Å². The smallest absolute Gasteiger partial charge is 0.203 e. The van der Waals surface area contributed by atoms with Crippen LogP contribution in [0, 0.1) is 6.92 Å². The average molecular weight is 309 g/mol. The highest BCUT2D eigenvalue weighted by atomic mass is 32.1. The summed E-state index contributed by atoms with van der Waals surface area (Å²) < 4.78 is 5.79. The van der Waals surface area contributed by atoms with Crippen molar-refractivity contribution in [3.05, 3.63) is 71.2 Å². The second-order valence-electron chi connectivity index (χ2n) is 4.65. The van der Waals surface area contributed by atoms with Crippen LogP contribution >= 0.6 is 11.3 Å². The van der Waals surface area contributed by atoms with Gasteiger partial charge in [0, 0.05) is 5.38 Å². The lowest BCUT2D eigenvalue weighted by atomic mass is 10.2. The fourth-order valence-electron chi connectivity index (χ4n) is 1.85. The van der Waals surface area contributed by atoms with E-state index in [-0.39, 0.29) is 0 Å². The second kappa shape index (κ2) is 6.87. The monoisotopic (exact) mass is 309 g/mol. The van der Waals surface area contributed by atoms with Crippen molar-refractivity contribution in [3.63, 3.8) is 0 Å². The Balaban J connectivity index is 1.66. The Morgan fingerprint density at radius 3 is 2.68 bits per heavy atom. The molecule has 0 aliphatic heterocycles. The Bertz CT molecular complexity index is 768. The average Bonchev–Trinajstić information content (AvgIpc) is 2.94. The number of ether oxygens (including phenoxy) is 1. The SMILES string of the molecule is Cc1csc(N/N=C/c2cccc(Oc3ccccc3)c2)n1. The maximum Gasteiger partial charge on any atom is 0.203 e. The first-order valence-electron chi connectivity index (χ1n) is 6.84. The van der Waals surface area contributed by atoms with Crippen molar-refractivity contribution < 1.29 is 4.74 Å². The summed E-state index contributed by atoms with van der Waals surface area (Å²) in [6, 6.07) is 17.5. The summed E-state index contributed by atoms with van der Waals surface area (Å²) >= 11 is 1.53. The van der Waals surface area contributed by atoms with E-state index in [1.807, 2.05) is 66.9 Å². The summed E-state index contributed by atoms with van der Waals surface area (Å²) in [7, 11) is 0. The topological polar surface area (TPSA) is 46.5 Å². The van der Waals surface area contributed by atoms with Crippen LogP contribution in [0.15, 0.2) is 65.1 Å². The zero-order chi connectivity index (χ0) is 15.2. The summed E-state index contributed by atoms with van der Waals surface area (Å²) in [5.41, 5.74) is 4.86. The van der Waals surface area contributed by atoms with Gasteiger partial charge in [-0.05, 0) is 36.8 Å². The van der Waals surface area contributed by atoms with Crippen LogP contribution in [0.3, 0.4) is 0 Å². The normalized spacial score (nSPS) is 10.8. The van der Waals surface area contributed by atoms with Crippen molar-refractivity contribution in [2.45, 2.75) is 6.92 Å². The lowest BCUT2D eigenvalue weighted by Crippen LogP contribution is -1.91. The molecule has 0 amide bonds. The van der Waals surface area contributed by atoms with Gasteiger partial charge in [-0.25, -0.2) is 4.98 Å². The van der Waals surface area contributed by atoms with Gasteiger partial charge < -0.3 is 4.74 Å². The van der Waals surface area contributed by atoms with Crippen LogP contribution in [0.2, 0.25) is 0 Å². The van der Waals surface area contributed by atoms with Crippen molar-refractivity contribution in [2.24, 2.45) is 5.10 Å². The Labute approximate surface area is 133 Å². The van der Waals surface area contributed by atoms with Crippen molar-refractivity contribution >= 4 is 22.7 Å². The summed E-state index contributed by atoms with van der Waals surface area (Å²) in [5.74, 6) is 1.59. The molecule has 0 saturated heterocycles. The molecule has 1 aromatic heterocycles. The standard InChI is InChI=1S/C17H15N3OS/c1-13-12-22-17(19-13)20-18-11-14-6-5-9-16(10-14)21-15-7-3-2-4-8-15/h2-12H,1H3,(H,19,20)/b18-11+. The molecule has 3 aromatic rings. The molecule has 0 bridgehead atoms.